The number of rotatable bonds is 5. The lowest BCUT2D eigenvalue weighted by molar-refractivity contribution is -0.146. The smallest absolute Gasteiger partial charge is 0.320 e. The lowest BCUT2D eigenvalue weighted by Crippen LogP contribution is -2.29. The van der Waals surface area contributed by atoms with Crippen LogP contribution in [0.25, 0.3) is 0 Å². The minimum Gasteiger partial charge on any atom is -0.462 e. The molecule has 0 bridgehead atoms. The number of hydrogen-bond acceptors (Lipinski definition) is 3. The summed E-state index contributed by atoms with van der Waals surface area (Å²) in [6.45, 7) is 5.46. The van der Waals surface area contributed by atoms with Gasteiger partial charge in [-0.05, 0) is 26.8 Å². The van der Waals surface area contributed by atoms with Gasteiger partial charge in [0.2, 0.25) is 0 Å². The molecule has 0 saturated carbocycles. The van der Waals surface area contributed by atoms with Crippen LogP contribution in [0.3, 0.4) is 0 Å². The van der Waals surface area contributed by atoms with E-state index < -0.39 is 0 Å². The molecule has 0 heterocycles. The summed E-state index contributed by atoms with van der Waals surface area (Å²) in [6, 6.07) is 6.28. The highest BCUT2D eigenvalue weighted by atomic mass is 19.1. The summed E-state index contributed by atoms with van der Waals surface area (Å²) < 4.78 is 18.4. The Labute approximate surface area is 101 Å². The summed E-state index contributed by atoms with van der Waals surface area (Å²) in [6.07, 6.45) is -0.131. The predicted octanol–water partition coefficient (Wildman–Crippen LogP) is 2.43. The second-order valence-electron chi connectivity index (χ2n) is 4.16. The number of ether oxygens (including phenoxy) is 1. The minimum absolute atomic E-state index is 0.0771. The summed E-state index contributed by atoms with van der Waals surface area (Å²) in [5, 5.41) is 2.93. The van der Waals surface area contributed by atoms with E-state index in [4.69, 9.17) is 4.74 Å². The number of carbonyl (C=O) groups excluding carboxylic acids is 1. The van der Waals surface area contributed by atoms with E-state index in [0.717, 1.165) is 0 Å². The Hall–Kier alpha value is -1.42. The molecule has 1 unspecified atom stereocenters. The molecular weight excluding hydrogens is 221 g/mol. The van der Waals surface area contributed by atoms with E-state index in [0.29, 0.717) is 5.56 Å². The minimum atomic E-state index is -0.330. The first-order chi connectivity index (χ1) is 8.00. The number of hydrogen-bond donors (Lipinski definition) is 1. The molecule has 0 aliphatic rings. The highest BCUT2D eigenvalue weighted by Crippen LogP contribution is 2.15. The van der Waals surface area contributed by atoms with Gasteiger partial charge in [-0.1, -0.05) is 18.2 Å². The van der Waals surface area contributed by atoms with Crippen LogP contribution in [0.1, 0.15) is 32.4 Å². The molecule has 1 N–H and O–H groups in total. The fourth-order valence-electron chi connectivity index (χ4n) is 1.48. The molecule has 1 aromatic rings. The molecule has 0 amide bonds. The summed E-state index contributed by atoms with van der Waals surface area (Å²) in [7, 11) is 0. The van der Waals surface area contributed by atoms with Crippen LogP contribution >= 0.6 is 0 Å². The van der Waals surface area contributed by atoms with Crippen LogP contribution in [-0.2, 0) is 9.53 Å². The van der Waals surface area contributed by atoms with E-state index in [-0.39, 0.29) is 30.5 Å². The number of carbonyl (C=O) groups is 1. The maximum absolute atomic E-state index is 13.4. The average Bonchev–Trinajstić information content (AvgIpc) is 2.25. The molecule has 0 fully saturated rings. The van der Waals surface area contributed by atoms with Crippen LogP contribution in [0, 0.1) is 5.82 Å². The number of nitrogens with one attached hydrogen (secondary N) is 1. The molecule has 0 aliphatic heterocycles. The first-order valence-corrected chi connectivity index (χ1v) is 5.68. The zero-order chi connectivity index (χ0) is 12.8. The van der Waals surface area contributed by atoms with Gasteiger partial charge in [0.15, 0.2) is 0 Å². The van der Waals surface area contributed by atoms with Crippen LogP contribution in [-0.4, -0.2) is 18.6 Å². The largest absolute Gasteiger partial charge is 0.462 e. The molecular formula is C13H18FNO2. The first kappa shape index (κ1) is 13.6. The molecule has 3 nitrogen and oxygen atoms in total. The van der Waals surface area contributed by atoms with Crippen LogP contribution < -0.4 is 5.32 Å². The molecule has 94 valence electrons. The topological polar surface area (TPSA) is 38.3 Å². The van der Waals surface area contributed by atoms with Crippen LogP contribution in [0.5, 0.6) is 0 Å². The van der Waals surface area contributed by atoms with Crippen molar-refractivity contribution < 1.29 is 13.9 Å². The van der Waals surface area contributed by atoms with Crippen molar-refractivity contribution in [2.75, 3.05) is 6.54 Å². The normalized spacial score (nSPS) is 12.5. The third kappa shape index (κ3) is 4.53. The maximum atomic E-state index is 13.4. The van der Waals surface area contributed by atoms with Crippen molar-refractivity contribution >= 4 is 5.97 Å². The first-order valence-electron chi connectivity index (χ1n) is 5.68. The fourth-order valence-corrected chi connectivity index (χ4v) is 1.48. The van der Waals surface area contributed by atoms with Gasteiger partial charge < -0.3 is 10.1 Å². The van der Waals surface area contributed by atoms with E-state index in [9.17, 15) is 9.18 Å². The quantitative estimate of drug-likeness (QED) is 0.802. The third-order valence-corrected chi connectivity index (χ3v) is 2.29. The van der Waals surface area contributed by atoms with Crippen molar-refractivity contribution in [1.82, 2.24) is 5.32 Å². The Morgan fingerprint density at radius 2 is 2.00 bits per heavy atom. The Bertz CT molecular complexity index is 379. The second kappa shape index (κ2) is 6.35. The molecule has 0 aromatic heterocycles. The van der Waals surface area contributed by atoms with E-state index in [1.165, 1.54) is 6.07 Å². The van der Waals surface area contributed by atoms with E-state index in [2.05, 4.69) is 5.32 Å². The number of benzene rings is 1. The number of halogens is 1. The lowest BCUT2D eigenvalue weighted by atomic mass is 10.1. The molecule has 0 saturated heterocycles. The highest BCUT2D eigenvalue weighted by Gasteiger charge is 2.12. The molecule has 1 aromatic carbocycles. The third-order valence-electron chi connectivity index (χ3n) is 2.29. The van der Waals surface area contributed by atoms with Gasteiger partial charge in [-0.3, -0.25) is 4.79 Å². The molecule has 0 radical (unpaired) electrons. The highest BCUT2D eigenvalue weighted by molar-refractivity contribution is 5.71. The summed E-state index contributed by atoms with van der Waals surface area (Å²) >= 11 is 0. The average molecular weight is 239 g/mol. The van der Waals surface area contributed by atoms with Crippen LogP contribution in [0.4, 0.5) is 4.39 Å². The molecule has 4 heteroatoms. The number of esters is 1. The van der Waals surface area contributed by atoms with E-state index in [1.54, 1.807) is 39.0 Å². The van der Waals surface area contributed by atoms with Gasteiger partial charge in [0.1, 0.15) is 5.82 Å². The lowest BCUT2D eigenvalue weighted by Gasteiger charge is -2.15. The molecule has 1 rings (SSSR count). The second-order valence-corrected chi connectivity index (χ2v) is 4.16. The van der Waals surface area contributed by atoms with Crippen molar-refractivity contribution in [2.24, 2.45) is 0 Å². The van der Waals surface area contributed by atoms with Crippen molar-refractivity contribution in [3.05, 3.63) is 35.6 Å². The molecule has 0 aliphatic carbocycles. The summed E-state index contributed by atoms with van der Waals surface area (Å²) in [4.78, 5) is 11.3. The Morgan fingerprint density at radius 1 is 1.35 bits per heavy atom. The van der Waals surface area contributed by atoms with Crippen molar-refractivity contribution in [3.8, 4) is 0 Å². The fraction of sp³-hybridized carbons (Fsp3) is 0.462. The Morgan fingerprint density at radius 3 is 2.59 bits per heavy atom. The monoisotopic (exact) mass is 239 g/mol. The van der Waals surface area contributed by atoms with Crippen molar-refractivity contribution in [1.29, 1.82) is 0 Å². The molecule has 1 atom stereocenters. The molecule has 0 spiro atoms. The Kier molecular flexibility index (Phi) is 5.10. The van der Waals surface area contributed by atoms with E-state index >= 15 is 0 Å². The van der Waals surface area contributed by atoms with Gasteiger partial charge in [-0.25, -0.2) is 4.39 Å². The van der Waals surface area contributed by atoms with Crippen molar-refractivity contribution in [2.45, 2.75) is 32.9 Å². The summed E-state index contributed by atoms with van der Waals surface area (Å²) in [5.41, 5.74) is 0.546. The van der Waals surface area contributed by atoms with Crippen molar-refractivity contribution in [3.63, 3.8) is 0 Å². The van der Waals surface area contributed by atoms with Gasteiger partial charge in [0.25, 0.3) is 0 Å². The summed E-state index contributed by atoms with van der Waals surface area (Å²) in [5.74, 6) is -0.604. The van der Waals surface area contributed by atoms with Gasteiger partial charge in [-0.15, -0.1) is 0 Å². The Balaban J connectivity index is 2.48. The van der Waals surface area contributed by atoms with Gasteiger partial charge in [-0.2, -0.15) is 0 Å². The van der Waals surface area contributed by atoms with Gasteiger partial charge in [0.05, 0.1) is 12.6 Å². The maximum Gasteiger partial charge on any atom is 0.320 e. The van der Waals surface area contributed by atoms with Crippen LogP contribution in [0.2, 0.25) is 0 Å². The van der Waals surface area contributed by atoms with Crippen LogP contribution in [0.15, 0.2) is 24.3 Å². The standard InChI is InChI=1S/C13H18FNO2/c1-9(2)17-13(16)8-15-10(3)11-6-4-5-7-12(11)14/h4-7,9-10,15H,8H2,1-3H3. The zero-order valence-electron chi connectivity index (χ0n) is 10.4. The SMILES string of the molecule is CC(C)OC(=O)CNC(C)c1ccccc1F. The molecule has 17 heavy (non-hydrogen) atoms. The van der Waals surface area contributed by atoms with Gasteiger partial charge in [0, 0.05) is 11.6 Å². The van der Waals surface area contributed by atoms with E-state index in [1.807, 2.05) is 0 Å². The predicted molar refractivity (Wildman–Crippen MR) is 64.0 cm³/mol. The van der Waals surface area contributed by atoms with Gasteiger partial charge >= 0.3 is 5.97 Å². The zero-order valence-corrected chi connectivity index (χ0v) is 10.4.